The Kier molecular flexibility index (Phi) is 5.60. The van der Waals surface area contributed by atoms with E-state index in [-0.39, 0.29) is 18.6 Å². The second-order valence-electron chi connectivity index (χ2n) is 5.47. The number of nitrogens with zero attached hydrogens (tertiary/aromatic N) is 1. The number of amides is 1. The Hall–Kier alpha value is -1.57. The van der Waals surface area contributed by atoms with Crippen molar-refractivity contribution in [3.8, 4) is 6.07 Å². The molecular weight excluding hydrogens is 288 g/mol. The largest absolute Gasteiger partial charge is 0.368 e. The second kappa shape index (κ2) is 7.44. The number of hydrogen-bond donors (Lipinski definition) is 1. The van der Waals surface area contributed by atoms with Gasteiger partial charge in [0, 0.05) is 5.69 Å². The first kappa shape index (κ1) is 15.8. The van der Waals surface area contributed by atoms with Gasteiger partial charge in [0.2, 0.25) is 5.91 Å². The summed E-state index contributed by atoms with van der Waals surface area (Å²) in [5, 5.41) is 11.9. The molecule has 0 aromatic heterocycles. The molecule has 2 atom stereocenters. The lowest BCUT2D eigenvalue weighted by Gasteiger charge is -2.28. The van der Waals surface area contributed by atoms with Crippen LogP contribution in [0, 0.1) is 17.2 Å². The van der Waals surface area contributed by atoms with Gasteiger partial charge in [0.15, 0.2) is 0 Å². The van der Waals surface area contributed by atoms with E-state index in [1.807, 2.05) is 6.07 Å². The van der Waals surface area contributed by atoms with E-state index >= 15 is 0 Å². The molecule has 1 aromatic rings. The van der Waals surface area contributed by atoms with Gasteiger partial charge < -0.3 is 10.1 Å². The molecule has 1 N–H and O–H groups in total. The van der Waals surface area contributed by atoms with E-state index in [1.54, 1.807) is 18.2 Å². The Labute approximate surface area is 130 Å². The predicted octanol–water partition coefficient (Wildman–Crippen LogP) is 3.75. The first-order chi connectivity index (χ1) is 10.1. The van der Waals surface area contributed by atoms with Crippen molar-refractivity contribution in [3.63, 3.8) is 0 Å². The first-order valence-corrected chi connectivity index (χ1v) is 7.59. The van der Waals surface area contributed by atoms with E-state index in [4.69, 9.17) is 21.6 Å². The average molecular weight is 307 g/mol. The highest BCUT2D eigenvalue weighted by Crippen LogP contribution is 2.26. The maximum Gasteiger partial charge on any atom is 0.250 e. The zero-order valence-electron chi connectivity index (χ0n) is 12.1. The Morgan fingerprint density at radius 2 is 2.24 bits per heavy atom. The molecule has 4 nitrogen and oxygen atoms in total. The second-order valence-corrected chi connectivity index (χ2v) is 5.87. The lowest BCUT2D eigenvalue weighted by molar-refractivity contribution is -0.124. The van der Waals surface area contributed by atoms with Crippen molar-refractivity contribution in [1.82, 2.24) is 0 Å². The Morgan fingerprint density at radius 1 is 1.48 bits per heavy atom. The number of benzene rings is 1. The summed E-state index contributed by atoms with van der Waals surface area (Å²) in [7, 11) is 0. The molecular formula is C16H19ClN2O2. The summed E-state index contributed by atoms with van der Waals surface area (Å²) in [5.74, 6) is 0.310. The fraction of sp³-hybridized carbons (Fsp3) is 0.500. The molecule has 5 heteroatoms. The Bertz CT molecular complexity index is 554. The van der Waals surface area contributed by atoms with E-state index in [0.29, 0.717) is 22.2 Å². The highest BCUT2D eigenvalue weighted by Gasteiger charge is 2.22. The summed E-state index contributed by atoms with van der Waals surface area (Å²) < 4.78 is 5.71. The molecule has 1 fully saturated rings. The minimum absolute atomic E-state index is 0.0482. The van der Waals surface area contributed by atoms with Crippen molar-refractivity contribution < 1.29 is 9.53 Å². The van der Waals surface area contributed by atoms with Gasteiger partial charge in [-0.1, -0.05) is 31.4 Å². The van der Waals surface area contributed by atoms with Gasteiger partial charge in [-0.2, -0.15) is 5.26 Å². The number of hydrogen-bond acceptors (Lipinski definition) is 3. The zero-order valence-corrected chi connectivity index (χ0v) is 12.8. The molecule has 1 aliphatic rings. The van der Waals surface area contributed by atoms with Crippen LogP contribution in [0.1, 0.15) is 38.2 Å². The normalized spacial score (nSPS) is 21.6. The van der Waals surface area contributed by atoms with Crippen molar-refractivity contribution in [2.45, 2.75) is 38.7 Å². The number of nitrogens with one attached hydrogen (secondary N) is 1. The lowest BCUT2D eigenvalue weighted by Crippen LogP contribution is -2.29. The van der Waals surface area contributed by atoms with E-state index in [9.17, 15) is 4.79 Å². The van der Waals surface area contributed by atoms with Crippen LogP contribution in [0.4, 0.5) is 5.69 Å². The van der Waals surface area contributed by atoms with Crippen molar-refractivity contribution in [2.75, 3.05) is 11.9 Å². The van der Waals surface area contributed by atoms with Crippen LogP contribution in [0.3, 0.4) is 0 Å². The van der Waals surface area contributed by atoms with Gasteiger partial charge in [0.1, 0.15) is 12.7 Å². The summed E-state index contributed by atoms with van der Waals surface area (Å²) in [6.45, 7) is 2.22. The summed E-state index contributed by atoms with van der Waals surface area (Å²) in [6.07, 6.45) is 4.78. The van der Waals surface area contributed by atoms with Crippen molar-refractivity contribution in [2.24, 2.45) is 5.92 Å². The molecule has 1 saturated carbocycles. The Balaban J connectivity index is 1.84. The monoisotopic (exact) mass is 306 g/mol. The molecule has 0 heterocycles. The number of rotatable bonds is 4. The summed E-state index contributed by atoms with van der Waals surface area (Å²) >= 11 is 5.93. The molecule has 0 aliphatic heterocycles. The fourth-order valence-corrected chi connectivity index (χ4v) is 2.82. The van der Waals surface area contributed by atoms with Gasteiger partial charge in [-0.05, 0) is 37.0 Å². The van der Waals surface area contributed by atoms with Gasteiger partial charge in [0.25, 0.3) is 0 Å². The molecule has 0 radical (unpaired) electrons. The molecule has 1 amide bonds. The van der Waals surface area contributed by atoms with E-state index in [1.165, 1.54) is 12.8 Å². The lowest BCUT2D eigenvalue weighted by atomic mass is 9.88. The topological polar surface area (TPSA) is 62.1 Å². The highest BCUT2D eigenvalue weighted by atomic mass is 35.5. The van der Waals surface area contributed by atoms with Crippen LogP contribution in [0.2, 0.25) is 5.02 Å². The molecule has 1 aromatic carbocycles. The predicted molar refractivity (Wildman–Crippen MR) is 82.2 cm³/mol. The standard InChI is InChI=1S/C16H19ClN2O2/c1-11-4-2-3-5-15(11)21-10-16(20)19-13-7-6-12(9-18)14(17)8-13/h6-8,11,15H,2-5,10H2,1H3,(H,19,20). The van der Waals surface area contributed by atoms with Crippen LogP contribution in [0.25, 0.3) is 0 Å². The smallest absolute Gasteiger partial charge is 0.250 e. The average Bonchev–Trinajstić information content (AvgIpc) is 2.46. The van der Waals surface area contributed by atoms with Gasteiger partial charge >= 0.3 is 0 Å². The molecule has 21 heavy (non-hydrogen) atoms. The molecule has 2 unspecified atom stereocenters. The maximum absolute atomic E-state index is 11.9. The van der Waals surface area contributed by atoms with Gasteiger partial charge in [-0.25, -0.2) is 0 Å². The van der Waals surface area contributed by atoms with Crippen LogP contribution < -0.4 is 5.32 Å². The van der Waals surface area contributed by atoms with E-state index in [2.05, 4.69) is 12.2 Å². The molecule has 0 bridgehead atoms. The first-order valence-electron chi connectivity index (χ1n) is 7.21. The van der Waals surface area contributed by atoms with Gasteiger partial charge in [-0.15, -0.1) is 0 Å². The van der Waals surface area contributed by atoms with E-state index in [0.717, 1.165) is 12.8 Å². The minimum Gasteiger partial charge on any atom is -0.368 e. The van der Waals surface area contributed by atoms with Crippen LogP contribution in [0.5, 0.6) is 0 Å². The van der Waals surface area contributed by atoms with Crippen LogP contribution in [0.15, 0.2) is 18.2 Å². The van der Waals surface area contributed by atoms with Crippen molar-refractivity contribution in [3.05, 3.63) is 28.8 Å². The number of carbonyl (C=O) groups is 1. The molecule has 112 valence electrons. The SMILES string of the molecule is CC1CCCCC1OCC(=O)Nc1ccc(C#N)c(Cl)c1. The number of halogens is 1. The molecule has 0 saturated heterocycles. The third-order valence-electron chi connectivity index (χ3n) is 3.83. The van der Waals surface area contributed by atoms with Crippen LogP contribution >= 0.6 is 11.6 Å². The molecule has 2 rings (SSSR count). The van der Waals surface area contributed by atoms with Crippen LogP contribution in [-0.2, 0) is 9.53 Å². The van der Waals surface area contributed by atoms with Crippen molar-refractivity contribution in [1.29, 1.82) is 5.26 Å². The summed E-state index contributed by atoms with van der Waals surface area (Å²) in [5.41, 5.74) is 0.964. The maximum atomic E-state index is 11.9. The third kappa shape index (κ3) is 4.45. The Morgan fingerprint density at radius 3 is 2.90 bits per heavy atom. The number of carbonyl (C=O) groups excluding carboxylic acids is 1. The van der Waals surface area contributed by atoms with E-state index < -0.39 is 0 Å². The quantitative estimate of drug-likeness (QED) is 0.921. The molecule has 1 aliphatic carbocycles. The van der Waals surface area contributed by atoms with Crippen molar-refractivity contribution >= 4 is 23.2 Å². The fourth-order valence-electron chi connectivity index (χ4n) is 2.59. The van der Waals surface area contributed by atoms with Gasteiger partial charge in [0.05, 0.1) is 16.7 Å². The number of nitriles is 1. The highest BCUT2D eigenvalue weighted by molar-refractivity contribution is 6.32. The third-order valence-corrected chi connectivity index (χ3v) is 4.15. The number of anilines is 1. The summed E-state index contributed by atoms with van der Waals surface area (Å²) in [6, 6.07) is 6.79. The number of ether oxygens (including phenoxy) is 1. The zero-order chi connectivity index (χ0) is 15.2. The minimum atomic E-state index is -0.200. The van der Waals surface area contributed by atoms with Gasteiger partial charge in [-0.3, -0.25) is 4.79 Å². The summed E-state index contributed by atoms with van der Waals surface area (Å²) in [4.78, 5) is 11.9. The van der Waals surface area contributed by atoms with Crippen LogP contribution in [-0.4, -0.2) is 18.6 Å². The molecule has 0 spiro atoms.